The molecule has 0 radical (unpaired) electrons. The molecule has 0 heterocycles. The molecule has 96 valence electrons. The van der Waals surface area contributed by atoms with E-state index in [1.165, 1.54) is 0 Å². The van der Waals surface area contributed by atoms with E-state index in [9.17, 15) is 9.32 Å². The number of aliphatic hydroxyl groups is 1. The van der Waals surface area contributed by atoms with Crippen LogP contribution >= 0.6 is 15.9 Å². The van der Waals surface area contributed by atoms with Crippen molar-refractivity contribution >= 4 is 26.7 Å². The lowest BCUT2D eigenvalue weighted by atomic mass is 10.1. The van der Waals surface area contributed by atoms with Gasteiger partial charge in [-0.2, -0.15) is 0 Å². The Balaban J connectivity index is 2.40. The minimum Gasteiger partial charge on any atom is -0.387 e. The molecule has 0 saturated carbocycles. The zero-order valence-corrected chi connectivity index (χ0v) is 12.4. The molecule has 3 atom stereocenters. The van der Waals surface area contributed by atoms with Crippen LogP contribution in [0.1, 0.15) is 18.6 Å². The van der Waals surface area contributed by atoms with E-state index < -0.39 is 16.9 Å². The van der Waals surface area contributed by atoms with Crippen LogP contribution in [0.2, 0.25) is 0 Å². The third kappa shape index (κ3) is 5.29. The average molecular weight is 320 g/mol. The summed E-state index contributed by atoms with van der Waals surface area (Å²) >= 11 is 3.37. The highest BCUT2D eigenvalue weighted by atomic mass is 79.9. The Morgan fingerprint density at radius 1 is 1.47 bits per heavy atom. The molecule has 1 aromatic rings. The van der Waals surface area contributed by atoms with E-state index in [0.717, 1.165) is 10.0 Å². The first-order valence-electron chi connectivity index (χ1n) is 5.47. The molecule has 2 N–H and O–H groups in total. The maximum Gasteiger partial charge on any atom is 0.0914 e. The molecule has 5 heteroatoms. The lowest BCUT2D eigenvalue weighted by molar-refractivity contribution is 0.175. The number of halogens is 1. The standard InChI is InChI=1S/C12H18BrNO2S/c1-9(17(2)16)7-14-8-12(15)10-4-3-5-11(13)6-10/h3-6,9,12,14-15H,7-8H2,1-2H3. The zero-order valence-electron chi connectivity index (χ0n) is 10.0. The quantitative estimate of drug-likeness (QED) is 0.841. The molecule has 1 aromatic carbocycles. The van der Waals surface area contributed by atoms with Crippen LogP contribution < -0.4 is 5.32 Å². The Morgan fingerprint density at radius 2 is 2.18 bits per heavy atom. The number of nitrogens with one attached hydrogen (secondary N) is 1. The lowest BCUT2D eigenvalue weighted by Gasteiger charge is -2.14. The van der Waals surface area contributed by atoms with Gasteiger partial charge in [0.05, 0.1) is 6.10 Å². The Kier molecular flexibility index (Phi) is 6.33. The lowest BCUT2D eigenvalue weighted by Crippen LogP contribution is -2.30. The Labute approximate surface area is 113 Å². The zero-order chi connectivity index (χ0) is 12.8. The van der Waals surface area contributed by atoms with Crippen molar-refractivity contribution in [2.45, 2.75) is 18.3 Å². The summed E-state index contributed by atoms with van der Waals surface area (Å²) in [5.74, 6) is 0. The van der Waals surface area contributed by atoms with Gasteiger partial charge < -0.3 is 10.4 Å². The third-order valence-corrected chi connectivity index (χ3v) is 4.36. The number of hydrogen-bond acceptors (Lipinski definition) is 3. The summed E-state index contributed by atoms with van der Waals surface area (Å²) in [5.41, 5.74) is 0.872. The minimum absolute atomic E-state index is 0.102. The second kappa shape index (κ2) is 7.26. The van der Waals surface area contributed by atoms with Crippen LogP contribution in [0.4, 0.5) is 0 Å². The molecule has 0 aliphatic heterocycles. The first-order chi connectivity index (χ1) is 8.00. The summed E-state index contributed by atoms with van der Waals surface area (Å²) in [7, 11) is -0.825. The minimum atomic E-state index is -0.825. The number of benzene rings is 1. The summed E-state index contributed by atoms with van der Waals surface area (Å²) in [6, 6.07) is 7.60. The predicted octanol–water partition coefficient (Wildman–Crippen LogP) is 1.84. The van der Waals surface area contributed by atoms with Gasteiger partial charge in [-0.25, -0.2) is 0 Å². The molecule has 17 heavy (non-hydrogen) atoms. The summed E-state index contributed by atoms with van der Waals surface area (Å²) in [4.78, 5) is 0. The molecule has 0 spiro atoms. The summed E-state index contributed by atoms with van der Waals surface area (Å²) in [5, 5.41) is 13.2. The van der Waals surface area contributed by atoms with E-state index in [-0.39, 0.29) is 5.25 Å². The Morgan fingerprint density at radius 3 is 2.76 bits per heavy atom. The van der Waals surface area contributed by atoms with E-state index in [0.29, 0.717) is 13.1 Å². The van der Waals surface area contributed by atoms with Crippen molar-refractivity contribution in [1.29, 1.82) is 0 Å². The molecule has 0 aliphatic carbocycles. The largest absolute Gasteiger partial charge is 0.387 e. The van der Waals surface area contributed by atoms with E-state index in [4.69, 9.17) is 0 Å². The maximum atomic E-state index is 11.1. The van der Waals surface area contributed by atoms with E-state index >= 15 is 0 Å². The molecule has 0 fully saturated rings. The van der Waals surface area contributed by atoms with Crippen LogP contribution in [0.25, 0.3) is 0 Å². The number of hydrogen-bond donors (Lipinski definition) is 2. The van der Waals surface area contributed by atoms with Crippen molar-refractivity contribution in [2.24, 2.45) is 0 Å². The van der Waals surface area contributed by atoms with Crippen LogP contribution in [0, 0.1) is 0 Å². The van der Waals surface area contributed by atoms with E-state index in [1.807, 2.05) is 31.2 Å². The van der Waals surface area contributed by atoms with Gasteiger partial charge in [-0.1, -0.05) is 28.1 Å². The Hall–Kier alpha value is -0.230. The first-order valence-corrected chi connectivity index (χ1v) is 7.88. The smallest absolute Gasteiger partial charge is 0.0914 e. The van der Waals surface area contributed by atoms with Crippen LogP contribution in [0.15, 0.2) is 28.7 Å². The highest BCUT2D eigenvalue weighted by Crippen LogP contribution is 2.17. The van der Waals surface area contributed by atoms with Gasteiger partial charge in [-0.15, -0.1) is 0 Å². The number of aliphatic hydroxyl groups excluding tert-OH is 1. The fourth-order valence-electron chi connectivity index (χ4n) is 1.37. The second-order valence-electron chi connectivity index (χ2n) is 4.04. The highest BCUT2D eigenvalue weighted by molar-refractivity contribution is 9.10. The average Bonchev–Trinajstić information content (AvgIpc) is 2.28. The molecule has 3 nitrogen and oxygen atoms in total. The van der Waals surface area contributed by atoms with Gasteiger partial charge in [-0.05, 0) is 24.6 Å². The van der Waals surface area contributed by atoms with Crippen LogP contribution in [0.3, 0.4) is 0 Å². The topological polar surface area (TPSA) is 49.3 Å². The molecule has 0 saturated heterocycles. The number of rotatable bonds is 6. The SMILES string of the molecule is CC(CNCC(O)c1cccc(Br)c1)S(C)=O. The van der Waals surface area contributed by atoms with Gasteiger partial charge in [0, 0.05) is 39.9 Å². The van der Waals surface area contributed by atoms with Crippen molar-refractivity contribution < 1.29 is 9.32 Å². The van der Waals surface area contributed by atoms with Crippen molar-refractivity contribution in [1.82, 2.24) is 5.32 Å². The first kappa shape index (κ1) is 14.8. The van der Waals surface area contributed by atoms with Gasteiger partial charge in [0.2, 0.25) is 0 Å². The molecule has 0 amide bonds. The monoisotopic (exact) mass is 319 g/mol. The van der Waals surface area contributed by atoms with Crippen LogP contribution in [-0.2, 0) is 10.8 Å². The van der Waals surface area contributed by atoms with Gasteiger partial charge >= 0.3 is 0 Å². The van der Waals surface area contributed by atoms with Gasteiger partial charge in [0.15, 0.2) is 0 Å². The van der Waals surface area contributed by atoms with Gasteiger partial charge in [0.1, 0.15) is 0 Å². The van der Waals surface area contributed by atoms with E-state index in [2.05, 4.69) is 21.2 Å². The molecular formula is C12H18BrNO2S. The molecule has 0 aliphatic rings. The molecule has 0 bridgehead atoms. The third-order valence-electron chi connectivity index (χ3n) is 2.57. The van der Waals surface area contributed by atoms with Crippen molar-refractivity contribution in [3.8, 4) is 0 Å². The molecule has 1 rings (SSSR count). The van der Waals surface area contributed by atoms with Gasteiger partial charge in [0.25, 0.3) is 0 Å². The predicted molar refractivity (Wildman–Crippen MR) is 75.5 cm³/mol. The molecule has 0 aromatic heterocycles. The highest BCUT2D eigenvalue weighted by Gasteiger charge is 2.09. The van der Waals surface area contributed by atoms with Crippen LogP contribution in [-0.4, -0.2) is 33.9 Å². The fourth-order valence-corrected chi connectivity index (χ4v) is 2.14. The van der Waals surface area contributed by atoms with Crippen LogP contribution in [0.5, 0.6) is 0 Å². The van der Waals surface area contributed by atoms with Crippen molar-refractivity contribution in [2.75, 3.05) is 19.3 Å². The molecular weight excluding hydrogens is 302 g/mol. The maximum absolute atomic E-state index is 11.1. The van der Waals surface area contributed by atoms with Crippen molar-refractivity contribution in [3.05, 3.63) is 34.3 Å². The summed E-state index contributed by atoms with van der Waals surface area (Å²) in [6.07, 6.45) is 1.15. The van der Waals surface area contributed by atoms with Crippen molar-refractivity contribution in [3.63, 3.8) is 0 Å². The normalized spacial score (nSPS) is 16.5. The fraction of sp³-hybridized carbons (Fsp3) is 0.500. The van der Waals surface area contributed by atoms with Gasteiger partial charge in [-0.3, -0.25) is 4.21 Å². The summed E-state index contributed by atoms with van der Waals surface area (Å²) in [6.45, 7) is 3.04. The summed E-state index contributed by atoms with van der Waals surface area (Å²) < 4.78 is 12.1. The second-order valence-corrected chi connectivity index (χ2v) is 6.76. The molecule has 3 unspecified atom stereocenters. The Bertz CT molecular complexity index is 387. The van der Waals surface area contributed by atoms with E-state index in [1.54, 1.807) is 6.26 Å².